The summed E-state index contributed by atoms with van der Waals surface area (Å²) in [6.07, 6.45) is 26.5. The molecule has 1 aromatic carbocycles. The number of amides is 3. The van der Waals surface area contributed by atoms with E-state index in [1.807, 2.05) is 97.5 Å². The lowest BCUT2D eigenvalue weighted by molar-refractivity contribution is -0.145. The average Bonchev–Trinajstić information content (AvgIpc) is 2.74. The van der Waals surface area contributed by atoms with Gasteiger partial charge in [0.15, 0.2) is 8.32 Å². The van der Waals surface area contributed by atoms with E-state index < -0.39 is 25.1 Å². The summed E-state index contributed by atoms with van der Waals surface area (Å²) in [6, 6.07) is 9.73. The van der Waals surface area contributed by atoms with Crippen molar-refractivity contribution in [3.63, 3.8) is 0 Å². The molecule has 16 nitrogen and oxygen atoms in total. The van der Waals surface area contributed by atoms with Crippen LogP contribution in [0, 0.1) is 0 Å². The summed E-state index contributed by atoms with van der Waals surface area (Å²) in [5.74, 6) is -0.536. The van der Waals surface area contributed by atoms with Crippen LogP contribution in [0.2, 0.25) is 18.1 Å². The van der Waals surface area contributed by atoms with Gasteiger partial charge >= 0.3 is 36.2 Å². The van der Waals surface area contributed by atoms with E-state index in [-0.39, 0.29) is 54.4 Å². The normalized spacial score (nSPS) is 12.1. The Hall–Kier alpha value is -4.38. The van der Waals surface area contributed by atoms with Crippen molar-refractivity contribution >= 4 is 44.5 Å². The molecule has 17 heteroatoms. The highest BCUT2D eigenvalue weighted by atomic mass is 28.4. The third-order valence-electron chi connectivity index (χ3n) is 15.4. The van der Waals surface area contributed by atoms with Crippen molar-refractivity contribution in [3.05, 3.63) is 35.9 Å². The van der Waals surface area contributed by atoms with Crippen LogP contribution in [-0.4, -0.2) is 135 Å². The van der Waals surface area contributed by atoms with Gasteiger partial charge in [0, 0.05) is 65.1 Å². The molecule has 0 N–H and O–H groups in total. The van der Waals surface area contributed by atoms with Gasteiger partial charge in [0.1, 0.15) is 23.4 Å². The fourth-order valence-corrected chi connectivity index (χ4v) is 10.5. The molecule has 0 saturated carbocycles. The Morgan fingerprint density at radius 2 is 0.609 bits per heavy atom. The second-order valence-electron chi connectivity index (χ2n) is 28.4. The quantitative estimate of drug-likeness (QED) is 0.0261. The van der Waals surface area contributed by atoms with E-state index >= 15 is 0 Å². The Morgan fingerprint density at radius 1 is 0.345 bits per heavy atom. The molecule has 87 heavy (non-hydrogen) atoms. The van der Waals surface area contributed by atoms with Gasteiger partial charge in [-0.15, -0.1) is 0 Å². The summed E-state index contributed by atoms with van der Waals surface area (Å²) >= 11 is 0. The van der Waals surface area contributed by atoms with Crippen LogP contribution in [0.1, 0.15) is 281 Å². The average molecular weight is 1250 g/mol. The highest BCUT2D eigenvalue weighted by Crippen LogP contribution is 2.36. The van der Waals surface area contributed by atoms with Crippen LogP contribution >= 0.6 is 0 Å². The molecule has 0 saturated heterocycles. The van der Waals surface area contributed by atoms with Crippen molar-refractivity contribution in [2.75, 3.05) is 59.1 Å². The Kier molecular flexibility index (Phi) is 42.4. The molecule has 0 spiro atoms. The molecule has 0 aliphatic heterocycles. The number of carbonyl (C=O) groups is 6. The number of carbonyl (C=O) groups excluding carboxylic acids is 6. The zero-order valence-electron chi connectivity index (χ0n) is 57.8. The number of nitrogens with zero attached hydrogens (tertiary/aromatic N) is 3. The van der Waals surface area contributed by atoms with Crippen LogP contribution in [0.5, 0.6) is 0 Å². The number of hydrogen-bond acceptors (Lipinski definition) is 13. The molecule has 0 fully saturated rings. The molecule has 0 aromatic heterocycles. The maximum absolute atomic E-state index is 13.1. The first-order valence-corrected chi connectivity index (χ1v) is 37.0. The van der Waals surface area contributed by atoms with Crippen LogP contribution in [0.4, 0.5) is 14.4 Å². The third kappa shape index (κ3) is 46.4. The van der Waals surface area contributed by atoms with Crippen LogP contribution in [0.3, 0.4) is 0 Å². The number of rotatable bonds is 48. The minimum Gasteiger partial charge on any atom is -0.466 e. The third-order valence-corrected chi connectivity index (χ3v) is 19.9. The van der Waals surface area contributed by atoms with Gasteiger partial charge in [-0.25, -0.2) is 14.4 Å². The van der Waals surface area contributed by atoms with Crippen molar-refractivity contribution in [1.82, 2.24) is 14.7 Å². The molecular weight excluding hydrogens is 1120 g/mol. The molecule has 0 radical (unpaired) electrons. The molecule has 0 bridgehead atoms. The Labute approximate surface area is 530 Å². The summed E-state index contributed by atoms with van der Waals surface area (Å²) in [7, 11) is -1.83. The fourth-order valence-electron chi connectivity index (χ4n) is 9.40. The van der Waals surface area contributed by atoms with Gasteiger partial charge in [0.05, 0.1) is 13.2 Å². The minimum atomic E-state index is -1.83. The van der Waals surface area contributed by atoms with Gasteiger partial charge in [-0.3, -0.25) is 14.4 Å². The zero-order chi connectivity index (χ0) is 65.0. The van der Waals surface area contributed by atoms with Gasteiger partial charge in [-0.05, 0) is 144 Å². The van der Waals surface area contributed by atoms with Gasteiger partial charge in [0.25, 0.3) is 0 Å². The summed E-state index contributed by atoms with van der Waals surface area (Å²) in [4.78, 5) is 81.6. The van der Waals surface area contributed by atoms with Gasteiger partial charge < -0.3 is 47.5 Å². The summed E-state index contributed by atoms with van der Waals surface area (Å²) in [5.41, 5.74) is -0.739. The number of ether oxygens (including phenoxy) is 6. The lowest BCUT2D eigenvalue weighted by atomic mass is 10.1. The highest BCUT2D eigenvalue weighted by Gasteiger charge is 2.37. The van der Waals surface area contributed by atoms with Crippen molar-refractivity contribution in [2.24, 2.45) is 0 Å². The zero-order valence-corrected chi connectivity index (χ0v) is 58.8. The van der Waals surface area contributed by atoms with Crippen LogP contribution < -0.4 is 0 Å². The standard InChI is InChI=1S/C70H127N3O13Si/c1-67(2,3)84-64(77)71(53-42-56-81-62(75)48-37-28-22-16-19-26-32-41-52-73(66(79)86-69(7,8)9)55-44-58-83-87(13,14)70(10,11)12)50-39-30-24-18-15-21-27-36-47-61(74)80-57-43-54-72(65(78)85-68(4,5)6)51-40-31-25-20-17-23-29-38-49-63(76)82-59-60-45-34-33-35-46-60/h33-35,45-46H,15-32,36-44,47-59H2,1-14H3. The first-order valence-electron chi connectivity index (χ1n) is 34.1. The second kappa shape index (κ2) is 45.8. The molecule has 3 amide bonds. The van der Waals surface area contributed by atoms with Gasteiger partial charge in [0.2, 0.25) is 0 Å². The Balaban J connectivity index is 2.22. The highest BCUT2D eigenvalue weighted by molar-refractivity contribution is 6.74. The maximum Gasteiger partial charge on any atom is 0.410 e. The minimum absolute atomic E-state index is 0.142. The lowest BCUT2D eigenvalue weighted by Crippen LogP contribution is -2.42. The van der Waals surface area contributed by atoms with E-state index in [4.69, 9.17) is 32.8 Å². The molecule has 1 aromatic rings. The van der Waals surface area contributed by atoms with Gasteiger partial charge in [-0.1, -0.05) is 167 Å². The summed E-state index contributed by atoms with van der Waals surface area (Å²) in [6.45, 7) is 33.1. The molecule has 0 unspecified atom stereocenters. The SMILES string of the molecule is CC(C)(C)OC(=O)N(CCCCCCCCCCC(=O)OCCCN(CCCCCCCCCCC(=O)OCc1ccccc1)C(=O)OC(C)(C)C)CCCOC(=O)CCCCCCCCCCN(CCCO[Si](C)(C)C(C)(C)C)C(=O)OC(C)(C)C. The van der Waals surface area contributed by atoms with E-state index in [1.165, 1.54) is 0 Å². The van der Waals surface area contributed by atoms with Crippen molar-refractivity contribution in [1.29, 1.82) is 0 Å². The first kappa shape index (κ1) is 80.6. The molecule has 0 heterocycles. The molecule has 0 aliphatic carbocycles. The molecule has 0 aliphatic rings. The predicted octanol–water partition coefficient (Wildman–Crippen LogP) is 18.3. The summed E-state index contributed by atoms with van der Waals surface area (Å²) < 4.78 is 39.9. The van der Waals surface area contributed by atoms with Crippen molar-refractivity contribution in [2.45, 2.75) is 317 Å². The van der Waals surface area contributed by atoms with Crippen molar-refractivity contribution < 1.29 is 61.6 Å². The second-order valence-corrected chi connectivity index (χ2v) is 33.2. The smallest absolute Gasteiger partial charge is 0.410 e. The van der Waals surface area contributed by atoms with E-state index in [0.717, 1.165) is 166 Å². The van der Waals surface area contributed by atoms with E-state index in [9.17, 15) is 28.8 Å². The lowest BCUT2D eigenvalue weighted by Gasteiger charge is -2.36. The number of hydrogen-bond donors (Lipinski definition) is 0. The molecular formula is C70H127N3O13Si. The van der Waals surface area contributed by atoms with Crippen LogP contribution in [0.15, 0.2) is 30.3 Å². The molecule has 1 rings (SSSR count). The number of unbranched alkanes of at least 4 members (excludes halogenated alkanes) is 21. The van der Waals surface area contributed by atoms with E-state index in [0.29, 0.717) is 84.6 Å². The van der Waals surface area contributed by atoms with E-state index in [1.54, 1.807) is 9.80 Å². The molecule has 0 atom stereocenters. The monoisotopic (exact) mass is 1250 g/mol. The van der Waals surface area contributed by atoms with Crippen molar-refractivity contribution in [3.8, 4) is 0 Å². The van der Waals surface area contributed by atoms with Gasteiger partial charge in [-0.2, -0.15) is 0 Å². The Bertz CT molecular complexity index is 1990. The largest absolute Gasteiger partial charge is 0.466 e. The number of esters is 3. The topological polar surface area (TPSA) is 177 Å². The Morgan fingerprint density at radius 3 is 0.908 bits per heavy atom. The first-order chi connectivity index (χ1) is 41.0. The van der Waals surface area contributed by atoms with E-state index in [2.05, 4.69) is 33.9 Å². The molecule has 504 valence electrons. The summed E-state index contributed by atoms with van der Waals surface area (Å²) in [5, 5.41) is 0.152. The predicted molar refractivity (Wildman–Crippen MR) is 353 cm³/mol. The maximum atomic E-state index is 13.1. The van der Waals surface area contributed by atoms with Crippen LogP contribution in [0.25, 0.3) is 0 Å². The fraction of sp³-hybridized carbons (Fsp3) is 0.829. The number of benzene rings is 1. The van der Waals surface area contributed by atoms with Crippen LogP contribution in [-0.2, 0) is 53.8 Å².